The van der Waals surface area contributed by atoms with E-state index >= 15 is 4.39 Å². The Kier molecular flexibility index (Phi) is 14.1. The number of ether oxygens (including phenoxy) is 2. The minimum Gasteiger partial charge on any atom is -0.444 e. The van der Waals surface area contributed by atoms with Gasteiger partial charge >= 0.3 is 6.09 Å². The lowest BCUT2D eigenvalue weighted by atomic mass is 9.76. The van der Waals surface area contributed by atoms with E-state index in [4.69, 9.17) is 9.47 Å². The molecule has 2 fully saturated rings. The number of anilines is 1. The Balaban J connectivity index is 1.44. The molecule has 0 spiro atoms. The Bertz CT molecular complexity index is 1960. The topological polar surface area (TPSA) is 183 Å². The number of nitrogens with one attached hydrogen (secondary N) is 2. The van der Waals surface area contributed by atoms with Crippen molar-refractivity contribution in [2.75, 3.05) is 38.2 Å². The van der Waals surface area contributed by atoms with Crippen molar-refractivity contribution in [1.82, 2.24) is 9.62 Å². The molecule has 16 heteroatoms. The maximum atomic E-state index is 15.8. The van der Waals surface area contributed by atoms with Crippen LogP contribution in [0.1, 0.15) is 69.9 Å². The Morgan fingerprint density at radius 2 is 1.73 bits per heavy atom. The minimum atomic E-state index is -4.13. The summed E-state index contributed by atoms with van der Waals surface area (Å²) in [4.78, 5) is 32.0. The summed E-state index contributed by atoms with van der Waals surface area (Å²) in [7, 11) is -4.13. The van der Waals surface area contributed by atoms with E-state index in [0.29, 0.717) is 44.5 Å². The molecule has 56 heavy (non-hydrogen) atoms. The SMILES string of the molecule is CC(C)(C)OC(=O)N(C[C@H](CCc1c(F)cccc1NC(=O)[C@@H](N=[N+]=[N-])[C@@H](c1ccc(F)cc1)C1CCOCC1)NS(=O)(=O)c1ccccc1)CC1(CO)CC1. The van der Waals surface area contributed by atoms with Gasteiger partial charge in [0.15, 0.2) is 0 Å². The number of sulfonamides is 1. The van der Waals surface area contributed by atoms with Crippen molar-refractivity contribution in [2.45, 2.75) is 87.8 Å². The molecule has 1 saturated carbocycles. The number of benzene rings is 3. The van der Waals surface area contributed by atoms with Crippen molar-refractivity contribution in [1.29, 1.82) is 0 Å². The van der Waals surface area contributed by atoms with Gasteiger partial charge in [-0.05, 0) is 113 Å². The Hall–Kier alpha value is -4.60. The monoisotopic (exact) mass is 796 g/mol. The normalized spacial score (nSPS) is 17.2. The molecular weight excluding hydrogens is 747 g/mol. The fourth-order valence-corrected chi connectivity index (χ4v) is 8.37. The number of aliphatic hydroxyl groups is 1. The second kappa shape index (κ2) is 18.6. The number of carbonyl (C=O) groups is 2. The first-order chi connectivity index (χ1) is 26.6. The number of amides is 2. The number of halogens is 2. The van der Waals surface area contributed by atoms with Crippen LogP contribution in [0.15, 0.2) is 82.8 Å². The van der Waals surface area contributed by atoms with Crippen LogP contribution in [0.25, 0.3) is 10.4 Å². The molecule has 0 unspecified atom stereocenters. The lowest BCUT2D eigenvalue weighted by Crippen LogP contribution is -2.49. The van der Waals surface area contributed by atoms with Gasteiger partial charge in [0.25, 0.3) is 0 Å². The van der Waals surface area contributed by atoms with E-state index in [0.717, 1.165) is 0 Å². The van der Waals surface area contributed by atoms with Gasteiger partial charge in [0.2, 0.25) is 15.9 Å². The minimum absolute atomic E-state index is 0.00832. The molecule has 2 aliphatic rings. The predicted molar refractivity (Wildman–Crippen MR) is 206 cm³/mol. The van der Waals surface area contributed by atoms with Crippen LogP contribution < -0.4 is 10.0 Å². The first kappa shape index (κ1) is 42.5. The Labute approximate surface area is 326 Å². The molecule has 1 heterocycles. The number of hydrogen-bond acceptors (Lipinski definition) is 8. The third-order valence-electron chi connectivity index (χ3n) is 10.2. The van der Waals surface area contributed by atoms with E-state index in [1.54, 1.807) is 51.1 Å². The van der Waals surface area contributed by atoms with Gasteiger partial charge < -0.3 is 24.8 Å². The lowest BCUT2D eigenvalue weighted by Gasteiger charge is -2.34. The second-order valence-corrected chi connectivity index (χ2v) is 17.3. The highest BCUT2D eigenvalue weighted by atomic mass is 32.2. The quantitative estimate of drug-likeness (QED) is 0.0741. The van der Waals surface area contributed by atoms with Crippen LogP contribution in [-0.2, 0) is 30.7 Å². The van der Waals surface area contributed by atoms with Crippen LogP contribution in [0.4, 0.5) is 19.3 Å². The van der Waals surface area contributed by atoms with E-state index in [-0.39, 0.29) is 54.6 Å². The van der Waals surface area contributed by atoms with Gasteiger partial charge in [-0.1, -0.05) is 41.5 Å². The van der Waals surface area contributed by atoms with Crippen LogP contribution in [0.3, 0.4) is 0 Å². The van der Waals surface area contributed by atoms with Crippen LogP contribution in [0.2, 0.25) is 0 Å². The van der Waals surface area contributed by atoms with Crippen molar-refractivity contribution in [3.8, 4) is 0 Å². The fourth-order valence-electron chi connectivity index (χ4n) is 7.09. The van der Waals surface area contributed by atoms with Gasteiger partial charge in [0.1, 0.15) is 23.3 Å². The van der Waals surface area contributed by atoms with E-state index < -0.39 is 62.7 Å². The highest BCUT2D eigenvalue weighted by molar-refractivity contribution is 7.89. The Morgan fingerprint density at radius 1 is 1.05 bits per heavy atom. The number of hydrogen-bond donors (Lipinski definition) is 3. The maximum absolute atomic E-state index is 15.8. The molecule has 3 atom stereocenters. The molecule has 5 rings (SSSR count). The first-order valence-corrected chi connectivity index (χ1v) is 20.2. The number of nitrogens with zero attached hydrogens (tertiary/aromatic N) is 4. The van der Waals surface area contributed by atoms with Gasteiger partial charge in [-0.25, -0.2) is 26.7 Å². The summed E-state index contributed by atoms with van der Waals surface area (Å²) in [6.45, 7) is 5.79. The van der Waals surface area contributed by atoms with Crippen molar-refractivity contribution < 1.29 is 41.4 Å². The predicted octanol–water partition coefficient (Wildman–Crippen LogP) is 7.08. The average molecular weight is 797 g/mol. The van der Waals surface area contributed by atoms with Crippen LogP contribution in [-0.4, -0.2) is 81.0 Å². The fraction of sp³-hybridized carbons (Fsp3) is 0.500. The lowest BCUT2D eigenvalue weighted by molar-refractivity contribution is -0.118. The Morgan fingerprint density at radius 3 is 2.34 bits per heavy atom. The standard InChI is InChI=1S/C40H50F2N6O7S/c1-39(2,3)55-38(51)48(25-40(26-49)20-21-40)24-30(46-56(52,53)31-8-5-4-6-9-31)16-17-32-33(42)10-7-11-34(32)44-37(50)36(45-47-43)35(28-18-22-54-23-19-28)27-12-14-29(41)15-13-27/h4-15,28,30,35-36,46,49H,16-26H2,1-3H3,(H,44,50)/t30-,35-,36-/m0/s1. The van der Waals surface area contributed by atoms with Crippen LogP contribution in [0, 0.1) is 23.0 Å². The van der Waals surface area contributed by atoms with Crippen molar-refractivity contribution in [3.63, 3.8) is 0 Å². The molecule has 2 amide bonds. The number of carbonyl (C=O) groups excluding carboxylic acids is 2. The molecule has 302 valence electrons. The molecule has 0 aromatic heterocycles. The van der Waals surface area contributed by atoms with E-state index in [1.165, 1.54) is 47.4 Å². The first-order valence-electron chi connectivity index (χ1n) is 18.8. The third-order valence-corrected chi connectivity index (χ3v) is 11.8. The number of rotatable bonds is 17. The smallest absolute Gasteiger partial charge is 0.410 e. The van der Waals surface area contributed by atoms with Crippen LogP contribution >= 0.6 is 0 Å². The zero-order chi connectivity index (χ0) is 40.5. The van der Waals surface area contributed by atoms with Gasteiger partial charge in [-0.15, -0.1) is 0 Å². The summed E-state index contributed by atoms with van der Waals surface area (Å²) in [6, 6.07) is 15.2. The maximum Gasteiger partial charge on any atom is 0.410 e. The third kappa shape index (κ3) is 11.5. The highest BCUT2D eigenvalue weighted by Gasteiger charge is 2.45. The molecule has 0 radical (unpaired) electrons. The number of azide groups is 1. The van der Waals surface area contributed by atoms with Crippen molar-refractivity contribution >= 4 is 27.7 Å². The van der Waals surface area contributed by atoms with Gasteiger partial charge in [0, 0.05) is 59.8 Å². The molecule has 1 aliphatic carbocycles. The van der Waals surface area contributed by atoms with E-state index in [1.807, 2.05) is 0 Å². The average Bonchev–Trinajstić information content (AvgIpc) is 3.94. The van der Waals surface area contributed by atoms with E-state index in [2.05, 4.69) is 20.1 Å². The molecule has 0 bridgehead atoms. The van der Waals surface area contributed by atoms with Gasteiger partial charge in [-0.3, -0.25) is 4.79 Å². The molecule has 3 N–H and O–H groups in total. The molecule has 1 saturated heterocycles. The number of aliphatic hydroxyl groups excluding tert-OH is 1. The zero-order valence-corrected chi connectivity index (χ0v) is 32.7. The highest BCUT2D eigenvalue weighted by Crippen LogP contribution is 2.46. The summed E-state index contributed by atoms with van der Waals surface area (Å²) >= 11 is 0. The second-order valence-electron chi connectivity index (χ2n) is 15.6. The van der Waals surface area contributed by atoms with Gasteiger partial charge in [0.05, 0.1) is 11.5 Å². The van der Waals surface area contributed by atoms with E-state index in [9.17, 15) is 33.0 Å². The summed E-state index contributed by atoms with van der Waals surface area (Å²) in [5.41, 5.74) is 8.95. The summed E-state index contributed by atoms with van der Waals surface area (Å²) in [5.74, 6) is -2.63. The summed E-state index contributed by atoms with van der Waals surface area (Å²) < 4.78 is 70.9. The van der Waals surface area contributed by atoms with Crippen LogP contribution in [0.5, 0.6) is 0 Å². The van der Waals surface area contributed by atoms with Gasteiger partial charge in [-0.2, -0.15) is 0 Å². The largest absolute Gasteiger partial charge is 0.444 e. The molecule has 1 aliphatic heterocycles. The molecule has 3 aromatic rings. The van der Waals surface area contributed by atoms with Crippen molar-refractivity contribution in [3.05, 3.63) is 106 Å². The molecule has 13 nitrogen and oxygen atoms in total. The zero-order valence-electron chi connectivity index (χ0n) is 31.9. The molecule has 3 aromatic carbocycles. The summed E-state index contributed by atoms with van der Waals surface area (Å²) in [6.07, 6.45) is 1.68. The molecular formula is C40H50F2N6O7S. The van der Waals surface area contributed by atoms with Crippen molar-refractivity contribution in [2.24, 2.45) is 16.4 Å². The summed E-state index contributed by atoms with van der Waals surface area (Å²) in [5, 5.41) is 16.8.